The molecule has 3 nitrogen and oxygen atoms in total. The molecule has 6 heteroatoms. The van der Waals surface area contributed by atoms with Gasteiger partial charge in [0.05, 0.1) is 12.1 Å². The first-order valence-electron chi connectivity index (χ1n) is 7.15. The normalized spacial score (nSPS) is 11.6. The zero-order chi connectivity index (χ0) is 16.4. The molecule has 2 N–H and O–H groups in total. The predicted octanol–water partition coefficient (Wildman–Crippen LogP) is 3.02. The van der Waals surface area contributed by atoms with Gasteiger partial charge in [0.2, 0.25) is 0 Å². The van der Waals surface area contributed by atoms with Gasteiger partial charge in [-0.2, -0.15) is 13.2 Å². The highest BCUT2D eigenvalue weighted by Gasteiger charge is 2.30. The highest BCUT2D eigenvalue weighted by atomic mass is 19.4. The Morgan fingerprint density at radius 2 is 2.00 bits per heavy atom. The van der Waals surface area contributed by atoms with Crippen molar-refractivity contribution in [2.24, 2.45) is 4.99 Å². The van der Waals surface area contributed by atoms with Gasteiger partial charge in [-0.05, 0) is 31.5 Å². The van der Waals surface area contributed by atoms with E-state index >= 15 is 0 Å². The molecule has 1 aromatic carbocycles. The number of nitrogens with zero attached hydrogens (tertiary/aromatic N) is 1. The molecule has 0 saturated heterocycles. The molecule has 0 bridgehead atoms. The topological polar surface area (TPSA) is 36.4 Å². The quantitative estimate of drug-likeness (QED) is 0.509. The average molecular weight is 311 g/mol. The summed E-state index contributed by atoms with van der Waals surface area (Å²) < 4.78 is 37.7. The zero-order valence-corrected chi connectivity index (χ0v) is 12.7. The summed E-state index contributed by atoms with van der Waals surface area (Å²) in [4.78, 5) is 4.30. The van der Waals surface area contributed by atoms with Crippen molar-refractivity contribution >= 4 is 5.96 Å². The van der Waals surface area contributed by atoms with Crippen LogP contribution in [0.2, 0.25) is 0 Å². The molecular formula is C16H20F3N3. The number of aliphatic imine (C=N–C) groups is 1. The monoisotopic (exact) mass is 311 g/mol. The summed E-state index contributed by atoms with van der Waals surface area (Å²) in [7, 11) is 0. The highest BCUT2D eigenvalue weighted by molar-refractivity contribution is 5.80. The minimum atomic E-state index is -4.35. The maximum absolute atomic E-state index is 12.6. The third kappa shape index (κ3) is 6.53. The van der Waals surface area contributed by atoms with Gasteiger partial charge in [-0.15, -0.1) is 0 Å². The molecule has 1 aromatic rings. The van der Waals surface area contributed by atoms with Crippen LogP contribution in [0, 0.1) is 11.8 Å². The van der Waals surface area contributed by atoms with Crippen LogP contribution in [0.3, 0.4) is 0 Å². The van der Waals surface area contributed by atoms with Crippen LogP contribution in [0.1, 0.15) is 31.4 Å². The van der Waals surface area contributed by atoms with E-state index in [1.807, 2.05) is 13.8 Å². The first-order chi connectivity index (χ1) is 10.5. The summed E-state index contributed by atoms with van der Waals surface area (Å²) in [5.74, 6) is 6.17. The molecule has 0 aliphatic rings. The number of hydrogen-bond donors (Lipinski definition) is 2. The molecule has 0 aliphatic heterocycles. The van der Waals surface area contributed by atoms with Gasteiger partial charge in [-0.1, -0.05) is 24.8 Å². The Hall–Kier alpha value is -2.16. The maximum atomic E-state index is 12.6. The van der Waals surface area contributed by atoms with E-state index in [0.717, 1.165) is 25.1 Å². The van der Waals surface area contributed by atoms with Crippen LogP contribution in [0.5, 0.6) is 0 Å². The molecule has 0 spiro atoms. The second-order valence-corrected chi connectivity index (χ2v) is 4.49. The second-order valence-electron chi connectivity index (χ2n) is 4.49. The molecular weight excluding hydrogens is 291 g/mol. The third-order valence-corrected chi connectivity index (χ3v) is 2.60. The number of benzene rings is 1. The summed E-state index contributed by atoms with van der Waals surface area (Å²) in [6.45, 7) is 5.73. The number of alkyl halides is 3. The van der Waals surface area contributed by atoms with E-state index < -0.39 is 11.7 Å². The Balaban J connectivity index is 2.64. The van der Waals surface area contributed by atoms with Crippen LogP contribution in [0.4, 0.5) is 13.2 Å². The lowest BCUT2D eigenvalue weighted by Crippen LogP contribution is -2.37. The summed E-state index contributed by atoms with van der Waals surface area (Å²) in [6, 6.07) is 4.99. The molecule has 0 aromatic heterocycles. The van der Waals surface area contributed by atoms with Gasteiger partial charge < -0.3 is 10.6 Å². The summed E-state index contributed by atoms with van der Waals surface area (Å²) >= 11 is 0. The van der Waals surface area contributed by atoms with Crippen molar-refractivity contribution in [3.8, 4) is 11.8 Å². The Bertz CT molecular complexity index is 554. The first kappa shape index (κ1) is 17.9. The van der Waals surface area contributed by atoms with E-state index in [1.165, 1.54) is 6.07 Å². The Kier molecular flexibility index (Phi) is 7.30. The van der Waals surface area contributed by atoms with Gasteiger partial charge in [0, 0.05) is 18.7 Å². The summed E-state index contributed by atoms with van der Waals surface area (Å²) in [5, 5.41) is 6.08. The van der Waals surface area contributed by atoms with Crippen LogP contribution < -0.4 is 10.6 Å². The molecule has 0 saturated carbocycles. The molecule has 0 fully saturated rings. The van der Waals surface area contributed by atoms with Crippen molar-refractivity contribution in [3.63, 3.8) is 0 Å². The fourth-order valence-corrected chi connectivity index (χ4v) is 1.61. The van der Waals surface area contributed by atoms with Crippen molar-refractivity contribution < 1.29 is 13.2 Å². The largest absolute Gasteiger partial charge is 0.416 e. The van der Waals surface area contributed by atoms with Crippen LogP contribution >= 0.6 is 0 Å². The molecule has 1 rings (SSSR count). The van der Waals surface area contributed by atoms with Crippen LogP contribution in [0.15, 0.2) is 29.3 Å². The minimum Gasteiger partial charge on any atom is -0.357 e. The van der Waals surface area contributed by atoms with Crippen molar-refractivity contribution in [2.75, 3.05) is 19.6 Å². The summed E-state index contributed by atoms with van der Waals surface area (Å²) in [6.07, 6.45) is -3.41. The SMILES string of the molecule is CCCN=C(NCC)NCC#Cc1cccc(C(F)(F)F)c1. The van der Waals surface area contributed by atoms with Crippen molar-refractivity contribution in [1.82, 2.24) is 10.6 Å². The molecule has 0 aliphatic carbocycles. The fourth-order valence-electron chi connectivity index (χ4n) is 1.61. The Morgan fingerprint density at radius 3 is 2.64 bits per heavy atom. The highest BCUT2D eigenvalue weighted by Crippen LogP contribution is 2.29. The van der Waals surface area contributed by atoms with Crippen molar-refractivity contribution in [1.29, 1.82) is 0 Å². The number of rotatable bonds is 4. The number of halogens is 3. The van der Waals surface area contributed by atoms with E-state index in [4.69, 9.17) is 0 Å². The Labute approximate surface area is 129 Å². The molecule has 0 amide bonds. The fraction of sp³-hybridized carbons (Fsp3) is 0.438. The van der Waals surface area contributed by atoms with Gasteiger partial charge in [0.1, 0.15) is 0 Å². The number of nitrogens with one attached hydrogen (secondary N) is 2. The summed E-state index contributed by atoms with van der Waals surface area (Å²) in [5.41, 5.74) is -0.350. The molecule has 0 radical (unpaired) electrons. The first-order valence-corrected chi connectivity index (χ1v) is 7.15. The lowest BCUT2D eigenvalue weighted by molar-refractivity contribution is -0.137. The standard InChI is InChI=1S/C16H20F3N3/c1-3-10-21-15(20-4-2)22-11-6-8-13-7-5-9-14(12-13)16(17,18)19/h5,7,9,12H,3-4,10-11H2,1-2H3,(H2,20,21,22). The number of hydrogen-bond acceptors (Lipinski definition) is 1. The smallest absolute Gasteiger partial charge is 0.357 e. The average Bonchev–Trinajstić information content (AvgIpc) is 2.48. The molecule has 0 atom stereocenters. The van der Waals surface area contributed by atoms with Gasteiger partial charge >= 0.3 is 6.18 Å². The van der Waals surface area contributed by atoms with Crippen LogP contribution in [-0.4, -0.2) is 25.6 Å². The third-order valence-electron chi connectivity index (χ3n) is 2.60. The van der Waals surface area contributed by atoms with Crippen molar-refractivity contribution in [2.45, 2.75) is 26.4 Å². The van der Waals surface area contributed by atoms with E-state index in [2.05, 4.69) is 27.5 Å². The van der Waals surface area contributed by atoms with Gasteiger partial charge in [-0.25, -0.2) is 0 Å². The van der Waals surface area contributed by atoms with Crippen LogP contribution in [0.25, 0.3) is 0 Å². The van der Waals surface area contributed by atoms with Gasteiger partial charge in [0.15, 0.2) is 5.96 Å². The lowest BCUT2D eigenvalue weighted by atomic mass is 10.1. The maximum Gasteiger partial charge on any atom is 0.416 e. The minimum absolute atomic E-state index is 0.311. The molecule has 120 valence electrons. The van der Waals surface area contributed by atoms with E-state index in [-0.39, 0.29) is 0 Å². The van der Waals surface area contributed by atoms with E-state index in [1.54, 1.807) is 6.07 Å². The van der Waals surface area contributed by atoms with Gasteiger partial charge in [-0.3, -0.25) is 4.99 Å². The van der Waals surface area contributed by atoms with Crippen LogP contribution in [-0.2, 0) is 6.18 Å². The van der Waals surface area contributed by atoms with E-state index in [9.17, 15) is 13.2 Å². The zero-order valence-electron chi connectivity index (χ0n) is 12.7. The predicted molar refractivity (Wildman–Crippen MR) is 82.6 cm³/mol. The van der Waals surface area contributed by atoms with Gasteiger partial charge in [0.25, 0.3) is 0 Å². The second kappa shape index (κ2) is 8.98. The Morgan fingerprint density at radius 1 is 1.23 bits per heavy atom. The molecule has 22 heavy (non-hydrogen) atoms. The molecule has 0 unspecified atom stereocenters. The lowest BCUT2D eigenvalue weighted by Gasteiger charge is -2.08. The number of guanidine groups is 1. The molecule has 0 heterocycles. The van der Waals surface area contributed by atoms with E-state index in [0.29, 0.717) is 24.6 Å². The van der Waals surface area contributed by atoms with Crippen molar-refractivity contribution in [3.05, 3.63) is 35.4 Å².